The zero-order valence-electron chi connectivity index (χ0n) is 15.6. The molecule has 1 saturated carbocycles. The van der Waals surface area contributed by atoms with E-state index in [9.17, 15) is 13.6 Å². The first-order valence-electron chi connectivity index (χ1n) is 9.13. The fourth-order valence-electron chi connectivity index (χ4n) is 3.16. The highest BCUT2D eigenvalue weighted by atomic mass is 19.1. The number of rotatable bonds is 6. The second-order valence-electron chi connectivity index (χ2n) is 7.10. The van der Waals surface area contributed by atoms with Gasteiger partial charge in [-0.15, -0.1) is 10.2 Å². The Morgan fingerprint density at radius 3 is 2.75 bits per heavy atom. The summed E-state index contributed by atoms with van der Waals surface area (Å²) < 4.78 is 34.3. The lowest BCUT2D eigenvalue weighted by molar-refractivity contribution is -0.121. The lowest BCUT2D eigenvalue weighted by Crippen LogP contribution is -2.28. The number of aromatic nitrogens is 3. The summed E-state index contributed by atoms with van der Waals surface area (Å²) in [4.78, 5) is 12.3. The standard InChI is InChI=1S/C20H20F2N4O2/c1-11-7-16(20-25-24-19(28-20)13-3-4-13)12(2)26(11)10-18(27)23-9-14-5-6-15(21)8-17(14)22/h5-8,13H,3-4,9-10H2,1-2H3,(H,23,27). The number of aryl methyl sites for hydroxylation is 1. The van der Waals surface area contributed by atoms with E-state index in [0.29, 0.717) is 17.7 Å². The molecule has 0 unspecified atom stereocenters. The van der Waals surface area contributed by atoms with E-state index in [0.717, 1.165) is 41.9 Å². The van der Waals surface area contributed by atoms with Gasteiger partial charge in [0.15, 0.2) is 0 Å². The molecule has 1 aliphatic carbocycles. The molecular formula is C20H20F2N4O2. The van der Waals surface area contributed by atoms with Crippen molar-refractivity contribution in [3.8, 4) is 11.5 Å². The fraction of sp³-hybridized carbons (Fsp3) is 0.350. The molecule has 0 radical (unpaired) electrons. The molecule has 0 atom stereocenters. The molecule has 0 spiro atoms. The molecule has 1 aromatic carbocycles. The van der Waals surface area contributed by atoms with Crippen LogP contribution in [0.15, 0.2) is 28.7 Å². The average molecular weight is 386 g/mol. The van der Waals surface area contributed by atoms with Crippen LogP contribution in [-0.2, 0) is 17.9 Å². The summed E-state index contributed by atoms with van der Waals surface area (Å²) in [6.45, 7) is 3.84. The second-order valence-corrected chi connectivity index (χ2v) is 7.10. The minimum absolute atomic E-state index is 0.00836. The summed E-state index contributed by atoms with van der Waals surface area (Å²) in [7, 11) is 0. The van der Waals surface area contributed by atoms with Gasteiger partial charge < -0.3 is 14.3 Å². The molecule has 4 rings (SSSR count). The zero-order valence-corrected chi connectivity index (χ0v) is 15.6. The van der Waals surface area contributed by atoms with E-state index in [2.05, 4.69) is 15.5 Å². The number of halogens is 2. The van der Waals surface area contributed by atoms with Crippen molar-refractivity contribution in [2.45, 2.75) is 45.7 Å². The molecule has 3 aromatic rings. The van der Waals surface area contributed by atoms with Crippen molar-refractivity contribution < 1.29 is 18.0 Å². The molecular weight excluding hydrogens is 366 g/mol. The van der Waals surface area contributed by atoms with E-state index >= 15 is 0 Å². The lowest BCUT2D eigenvalue weighted by atomic mass is 10.2. The van der Waals surface area contributed by atoms with Gasteiger partial charge in [-0.3, -0.25) is 4.79 Å². The number of nitrogens with zero attached hydrogens (tertiary/aromatic N) is 3. The minimum Gasteiger partial charge on any atom is -0.420 e. The van der Waals surface area contributed by atoms with E-state index in [4.69, 9.17) is 4.42 Å². The van der Waals surface area contributed by atoms with Crippen LogP contribution in [0.2, 0.25) is 0 Å². The number of carbonyl (C=O) groups excluding carboxylic acids is 1. The zero-order chi connectivity index (χ0) is 19.8. The third-order valence-electron chi connectivity index (χ3n) is 4.96. The van der Waals surface area contributed by atoms with Gasteiger partial charge in [0.1, 0.15) is 18.2 Å². The summed E-state index contributed by atoms with van der Waals surface area (Å²) >= 11 is 0. The molecule has 8 heteroatoms. The third kappa shape index (κ3) is 3.67. The molecule has 1 aliphatic rings. The maximum Gasteiger partial charge on any atom is 0.249 e. The van der Waals surface area contributed by atoms with E-state index in [-0.39, 0.29) is 24.6 Å². The Labute approximate surface area is 160 Å². The Morgan fingerprint density at radius 1 is 1.25 bits per heavy atom. The second kappa shape index (κ2) is 7.18. The highest BCUT2D eigenvalue weighted by Gasteiger charge is 2.30. The first-order chi connectivity index (χ1) is 13.4. The number of benzene rings is 1. The van der Waals surface area contributed by atoms with Crippen LogP contribution in [0.5, 0.6) is 0 Å². The van der Waals surface area contributed by atoms with Crippen molar-refractivity contribution in [3.05, 3.63) is 58.7 Å². The molecule has 0 bridgehead atoms. The molecule has 146 valence electrons. The molecule has 1 amide bonds. The van der Waals surface area contributed by atoms with Gasteiger partial charge in [-0.1, -0.05) is 6.07 Å². The summed E-state index contributed by atoms with van der Waals surface area (Å²) in [5, 5.41) is 10.9. The van der Waals surface area contributed by atoms with E-state index in [1.807, 2.05) is 24.5 Å². The van der Waals surface area contributed by atoms with Gasteiger partial charge in [0.05, 0.1) is 5.56 Å². The summed E-state index contributed by atoms with van der Waals surface area (Å²) in [5.41, 5.74) is 2.75. The van der Waals surface area contributed by atoms with Crippen LogP contribution < -0.4 is 5.32 Å². The Morgan fingerprint density at radius 2 is 2.04 bits per heavy atom. The van der Waals surface area contributed by atoms with E-state index < -0.39 is 11.6 Å². The Kier molecular flexibility index (Phi) is 4.70. The first kappa shape index (κ1) is 18.3. The minimum atomic E-state index is -0.682. The summed E-state index contributed by atoms with van der Waals surface area (Å²) in [6.07, 6.45) is 2.16. The molecule has 2 heterocycles. The van der Waals surface area contributed by atoms with Crippen LogP contribution in [0, 0.1) is 25.5 Å². The quantitative estimate of drug-likeness (QED) is 0.702. The number of amides is 1. The largest absolute Gasteiger partial charge is 0.420 e. The van der Waals surface area contributed by atoms with Crippen LogP contribution in [0.3, 0.4) is 0 Å². The molecule has 2 aromatic heterocycles. The van der Waals surface area contributed by atoms with Gasteiger partial charge in [0.2, 0.25) is 17.7 Å². The van der Waals surface area contributed by atoms with Crippen molar-refractivity contribution in [1.29, 1.82) is 0 Å². The first-order valence-corrected chi connectivity index (χ1v) is 9.13. The van der Waals surface area contributed by atoms with Crippen LogP contribution >= 0.6 is 0 Å². The van der Waals surface area contributed by atoms with Gasteiger partial charge >= 0.3 is 0 Å². The van der Waals surface area contributed by atoms with Gasteiger partial charge in [-0.25, -0.2) is 8.78 Å². The molecule has 0 aliphatic heterocycles. The Bertz CT molecular complexity index is 1040. The maximum absolute atomic E-state index is 13.7. The van der Waals surface area contributed by atoms with Gasteiger partial charge in [0, 0.05) is 35.5 Å². The SMILES string of the molecule is Cc1cc(-c2nnc(C3CC3)o2)c(C)n1CC(=O)NCc1ccc(F)cc1F. The third-order valence-corrected chi connectivity index (χ3v) is 4.96. The molecule has 1 N–H and O–H groups in total. The maximum atomic E-state index is 13.7. The molecule has 1 fully saturated rings. The molecule has 6 nitrogen and oxygen atoms in total. The average Bonchev–Trinajstić information content (AvgIpc) is 3.33. The predicted octanol–water partition coefficient (Wildman–Crippen LogP) is 3.63. The van der Waals surface area contributed by atoms with Crippen LogP contribution in [0.25, 0.3) is 11.5 Å². The van der Waals surface area contributed by atoms with Crippen molar-refractivity contribution in [3.63, 3.8) is 0 Å². The van der Waals surface area contributed by atoms with Crippen LogP contribution in [-0.4, -0.2) is 20.7 Å². The van der Waals surface area contributed by atoms with Crippen LogP contribution in [0.1, 0.15) is 41.6 Å². The highest BCUT2D eigenvalue weighted by Crippen LogP contribution is 2.40. The summed E-state index contributed by atoms with van der Waals surface area (Å²) in [5.74, 6) is -0.110. The summed E-state index contributed by atoms with van der Waals surface area (Å²) in [6, 6.07) is 5.19. The van der Waals surface area contributed by atoms with Crippen molar-refractivity contribution in [2.75, 3.05) is 0 Å². The molecule has 28 heavy (non-hydrogen) atoms. The normalized spacial score (nSPS) is 13.7. The van der Waals surface area contributed by atoms with Gasteiger partial charge in [-0.2, -0.15) is 0 Å². The Hall–Kier alpha value is -3.03. The number of hydrogen-bond donors (Lipinski definition) is 1. The molecule has 0 saturated heterocycles. The van der Waals surface area contributed by atoms with Gasteiger partial charge in [0.25, 0.3) is 0 Å². The van der Waals surface area contributed by atoms with Crippen LogP contribution in [0.4, 0.5) is 8.78 Å². The fourth-order valence-corrected chi connectivity index (χ4v) is 3.16. The van der Waals surface area contributed by atoms with Crippen molar-refractivity contribution in [1.82, 2.24) is 20.1 Å². The number of carbonyl (C=O) groups is 1. The number of hydrogen-bond acceptors (Lipinski definition) is 4. The van der Waals surface area contributed by atoms with E-state index in [1.54, 1.807) is 0 Å². The smallest absolute Gasteiger partial charge is 0.249 e. The van der Waals surface area contributed by atoms with Gasteiger partial charge in [-0.05, 0) is 38.8 Å². The van der Waals surface area contributed by atoms with Crippen molar-refractivity contribution >= 4 is 5.91 Å². The highest BCUT2D eigenvalue weighted by molar-refractivity contribution is 5.76. The predicted molar refractivity (Wildman–Crippen MR) is 97.4 cm³/mol. The topological polar surface area (TPSA) is 73.0 Å². The number of nitrogens with one attached hydrogen (secondary N) is 1. The lowest BCUT2D eigenvalue weighted by Gasteiger charge is -2.11. The Balaban J connectivity index is 1.45. The van der Waals surface area contributed by atoms with E-state index in [1.165, 1.54) is 6.07 Å². The monoisotopic (exact) mass is 386 g/mol. The van der Waals surface area contributed by atoms with Crippen molar-refractivity contribution in [2.24, 2.45) is 0 Å².